The molecule has 1 saturated heterocycles. The van der Waals surface area contributed by atoms with E-state index < -0.39 is 5.97 Å². The first-order valence-corrected chi connectivity index (χ1v) is 7.16. The molecule has 6 nitrogen and oxygen atoms in total. The number of rotatable bonds is 3. The maximum atomic E-state index is 11.6. The summed E-state index contributed by atoms with van der Waals surface area (Å²) in [6.45, 7) is 2.35. The maximum Gasteiger partial charge on any atom is 0.337 e. The van der Waals surface area contributed by atoms with Crippen LogP contribution < -0.4 is 5.32 Å². The molecule has 0 spiro atoms. The van der Waals surface area contributed by atoms with Crippen LogP contribution in [0.4, 0.5) is 0 Å². The summed E-state index contributed by atoms with van der Waals surface area (Å²) >= 11 is 3.40. The second-order valence-electron chi connectivity index (χ2n) is 4.79. The quantitative estimate of drug-likeness (QED) is 0.649. The molecule has 21 heavy (non-hydrogen) atoms. The molecule has 1 aromatic carbocycles. The summed E-state index contributed by atoms with van der Waals surface area (Å²) < 4.78 is 5.39. The third-order valence-corrected chi connectivity index (χ3v) is 4.12. The lowest BCUT2D eigenvalue weighted by atomic mass is 10.1. The van der Waals surface area contributed by atoms with Crippen molar-refractivity contribution in [2.24, 2.45) is 0 Å². The van der Waals surface area contributed by atoms with Gasteiger partial charge in [-0.1, -0.05) is 22.0 Å². The fourth-order valence-electron chi connectivity index (χ4n) is 2.10. The van der Waals surface area contributed by atoms with Crippen LogP contribution in [-0.4, -0.2) is 42.4 Å². The Morgan fingerprint density at radius 1 is 1.48 bits per heavy atom. The third kappa shape index (κ3) is 3.48. The Bertz CT molecular complexity index is 603. The lowest BCUT2D eigenvalue weighted by molar-refractivity contribution is -0.139. The second-order valence-corrected chi connectivity index (χ2v) is 5.65. The second kappa shape index (κ2) is 6.36. The molecule has 1 unspecified atom stereocenters. The largest absolute Gasteiger partial charge is 0.465 e. The molecule has 1 atom stereocenters. The molecule has 0 aromatic heterocycles. The molecule has 1 N–H and O–H groups in total. The molecule has 0 aliphatic carbocycles. The number of methoxy groups -OCH3 is 1. The monoisotopic (exact) mass is 354 g/mol. The number of hydrogen-bond acceptors (Lipinski definition) is 5. The normalized spacial score (nSPS) is 19.3. The fraction of sp³-hybridized carbons (Fsp3) is 0.357. The van der Waals surface area contributed by atoms with Crippen molar-refractivity contribution in [1.82, 2.24) is 10.2 Å². The summed E-state index contributed by atoms with van der Waals surface area (Å²) in [7, 11) is 1.32. The predicted octanol–water partition coefficient (Wildman–Crippen LogP) is 1.08. The molecule has 0 radical (unpaired) electrons. The van der Waals surface area contributed by atoms with Crippen molar-refractivity contribution < 1.29 is 19.1 Å². The van der Waals surface area contributed by atoms with Gasteiger partial charge in [0, 0.05) is 11.0 Å². The smallest absolute Gasteiger partial charge is 0.337 e. The van der Waals surface area contributed by atoms with Crippen LogP contribution in [0.15, 0.2) is 22.7 Å². The van der Waals surface area contributed by atoms with E-state index in [1.54, 1.807) is 30.0 Å². The standard InChI is InChI=1S/C14H15BrN2O4/c1-8-13(19)16-12(18)7-17(8)6-10-4-3-9(5-11(10)15)14(20)21-2/h3-5,8H,6-7H2,1-2H3,(H,16,18,19). The number of imide groups is 1. The number of esters is 1. The Balaban J connectivity index is 2.17. The van der Waals surface area contributed by atoms with E-state index in [1.165, 1.54) is 7.11 Å². The summed E-state index contributed by atoms with van der Waals surface area (Å²) in [5.41, 5.74) is 1.32. The van der Waals surface area contributed by atoms with E-state index in [0.717, 1.165) is 10.0 Å². The summed E-state index contributed by atoms with van der Waals surface area (Å²) in [6.07, 6.45) is 0. The van der Waals surface area contributed by atoms with E-state index in [-0.39, 0.29) is 24.4 Å². The Hall–Kier alpha value is -1.73. The Morgan fingerprint density at radius 2 is 2.19 bits per heavy atom. The SMILES string of the molecule is COC(=O)c1ccc(CN2CC(=O)NC(=O)C2C)c(Br)c1. The summed E-state index contributed by atoms with van der Waals surface area (Å²) in [5, 5.41) is 2.30. The van der Waals surface area contributed by atoms with Gasteiger partial charge in [-0.25, -0.2) is 4.79 Å². The van der Waals surface area contributed by atoms with Gasteiger partial charge in [0.1, 0.15) is 0 Å². The highest BCUT2D eigenvalue weighted by molar-refractivity contribution is 9.10. The number of benzene rings is 1. The van der Waals surface area contributed by atoms with Gasteiger partial charge < -0.3 is 4.74 Å². The van der Waals surface area contributed by atoms with Crippen molar-refractivity contribution in [1.29, 1.82) is 0 Å². The molecule has 0 saturated carbocycles. The van der Waals surface area contributed by atoms with Crippen LogP contribution in [-0.2, 0) is 20.9 Å². The van der Waals surface area contributed by atoms with Crippen molar-refractivity contribution in [3.05, 3.63) is 33.8 Å². The molecule has 112 valence electrons. The molecule has 2 amide bonds. The predicted molar refractivity (Wildman–Crippen MR) is 78.5 cm³/mol. The lowest BCUT2D eigenvalue weighted by Gasteiger charge is -2.31. The number of nitrogens with one attached hydrogen (secondary N) is 1. The number of nitrogens with zero attached hydrogens (tertiary/aromatic N) is 1. The average molecular weight is 355 g/mol. The number of hydrogen-bond donors (Lipinski definition) is 1. The van der Waals surface area contributed by atoms with Crippen molar-refractivity contribution in [3.63, 3.8) is 0 Å². The first-order chi connectivity index (χ1) is 9.92. The molecule has 2 rings (SSSR count). The highest BCUT2D eigenvalue weighted by atomic mass is 79.9. The van der Waals surface area contributed by atoms with E-state index in [1.807, 2.05) is 0 Å². The lowest BCUT2D eigenvalue weighted by Crippen LogP contribution is -2.56. The van der Waals surface area contributed by atoms with Gasteiger partial charge in [-0.2, -0.15) is 0 Å². The minimum atomic E-state index is -0.414. The van der Waals surface area contributed by atoms with Gasteiger partial charge in [-0.3, -0.25) is 19.8 Å². The number of piperazine rings is 1. The number of amides is 2. The summed E-state index contributed by atoms with van der Waals surface area (Å²) in [4.78, 5) is 36.3. The van der Waals surface area contributed by atoms with Gasteiger partial charge in [0.05, 0.1) is 25.3 Å². The van der Waals surface area contributed by atoms with Crippen LogP contribution in [0.5, 0.6) is 0 Å². The van der Waals surface area contributed by atoms with Crippen molar-refractivity contribution in [3.8, 4) is 0 Å². The molecule has 1 heterocycles. The van der Waals surface area contributed by atoms with Crippen molar-refractivity contribution in [2.45, 2.75) is 19.5 Å². The Kier molecular flexibility index (Phi) is 4.74. The van der Waals surface area contributed by atoms with E-state index in [4.69, 9.17) is 0 Å². The molecule has 1 fully saturated rings. The van der Waals surface area contributed by atoms with Crippen LogP contribution in [0, 0.1) is 0 Å². The van der Waals surface area contributed by atoms with Gasteiger partial charge in [0.2, 0.25) is 11.8 Å². The average Bonchev–Trinajstić information content (AvgIpc) is 2.45. The van der Waals surface area contributed by atoms with Crippen LogP contribution in [0.25, 0.3) is 0 Å². The zero-order chi connectivity index (χ0) is 15.6. The van der Waals surface area contributed by atoms with E-state index in [0.29, 0.717) is 12.1 Å². The number of carbonyl (C=O) groups excluding carboxylic acids is 3. The fourth-order valence-corrected chi connectivity index (χ4v) is 2.60. The van der Waals surface area contributed by atoms with Crippen LogP contribution in [0.3, 0.4) is 0 Å². The van der Waals surface area contributed by atoms with Crippen LogP contribution in [0.2, 0.25) is 0 Å². The third-order valence-electron chi connectivity index (χ3n) is 3.38. The Morgan fingerprint density at radius 3 is 2.81 bits per heavy atom. The van der Waals surface area contributed by atoms with Gasteiger partial charge in [-0.05, 0) is 24.6 Å². The first-order valence-electron chi connectivity index (χ1n) is 6.37. The van der Waals surface area contributed by atoms with E-state index in [9.17, 15) is 14.4 Å². The minimum Gasteiger partial charge on any atom is -0.465 e. The van der Waals surface area contributed by atoms with Crippen molar-refractivity contribution in [2.75, 3.05) is 13.7 Å². The van der Waals surface area contributed by atoms with Crippen molar-refractivity contribution >= 4 is 33.7 Å². The van der Waals surface area contributed by atoms with E-state index in [2.05, 4.69) is 26.0 Å². The summed E-state index contributed by atoms with van der Waals surface area (Å²) in [6, 6.07) is 4.72. The number of ether oxygens (including phenoxy) is 1. The Labute approximate surface area is 130 Å². The number of halogens is 1. The van der Waals surface area contributed by atoms with Crippen LogP contribution in [0.1, 0.15) is 22.8 Å². The highest BCUT2D eigenvalue weighted by Gasteiger charge is 2.30. The van der Waals surface area contributed by atoms with Crippen LogP contribution >= 0.6 is 15.9 Å². The maximum absolute atomic E-state index is 11.6. The molecular formula is C14H15BrN2O4. The zero-order valence-corrected chi connectivity index (χ0v) is 13.3. The molecule has 7 heteroatoms. The zero-order valence-electron chi connectivity index (χ0n) is 11.7. The molecule has 1 aromatic rings. The summed E-state index contributed by atoms with van der Waals surface area (Å²) in [5.74, 6) is -1.02. The van der Waals surface area contributed by atoms with Gasteiger partial charge in [0.15, 0.2) is 0 Å². The first kappa shape index (κ1) is 15.7. The topological polar surface area (TPSA) is 75.7 Å². The van der Waals surface area contributed by atoms with E-state index >= 15 is 0 Å². The molecule has 1 aliphatic rings. The number of carbonyl (C=O) groups is 3. The van der Waals surface area contributed by atoms with Gasteiger partial charge in [0.25, 0.3) is 0 Å². The van der Waals surface area contributed by atoms with Gasteiger partial charge in [-0.15, -0.1) is 0 Å². The van der Waals surface area contributed by atoms with Gasteiger partial charge >= 0.3 is 5.97 Å². The minimum absolute atomic E-state index is 0.165. The highest BCUT2D eigenvalue weighted by Crippen LogP contribution is 2.22. The molecule has 0 bridgehead atoms. The molecular weight excluding hydrogens is 340 g/mol. The molecule has 1 aliphatic heterocycles.